The SMILES string of the molecule is Cc1noc([C@@H]2CN(CCOc3ccccc3F)CCN2C)n1. The molecule has 2 aromatic rings. The van der Waals surface area contributed by atoms with Crippen molar-refractivity contribution in [1.29, 1.82) is 0 Å². The highest BCUT2D eigenvalue weighted by Crippen LogP contribution is 2.22. The van der Waals surface area contributed by atoms with Crippen molar-refractivity contribution < 1.29 is 13.7 Å². The number of hydrogen-bond acceptors (Lipinski definition) is 6. The smallest absolute Gasteiger partial charge is 0.245 e. The van der Waals surface area contributed by atoms with E-state index in [-0.39, 0.29) is 11.9 Å². The van der Waals surface area contributed by atoms with Gasteiger partial charge >= 0.3 is 0 Å². The molecule has 1 saturated heterocycles. The highest BCUT2D eigenvalue weighted by atomic mass is 19.1. The molecule has 3 rings (SSSR count). The number of halogens is 1. The van der Waals surface area contributed by atoms with Crippen LogP contribution in [0, 0.1) is 12.7 Å². The van der Waals surface area contributed by atoms with E-state index in [0.29, 0.717) is 24.1 Å². The number of piperazine rings is 1. The number of para-hydroxylation sites is 1. The Kier molecular flexibility index (Phi) is 4.88. The molecular formula is C16H21FN4O2. The topological polar surface area (TPSA) is 54.6 Å². The van der Waals surface area contributed by atoms with E-state index in [1.54, 1.807) is 18.2 Å². The lowest BCUT2D eigenvalue weighted by molar-refractivity contribution is 0.0668. The van der Waals surface area contributed by atoms with E-state index in [2.05, 4.69) is 27.0 Å². The molecule has 1 atom stereocenters. The molecule has 6 nitrogen and oxygen atoms in total. The molecule has 1 fully saturated rings. The van der Waals surface area contributed by atoms with Gasteiger partial charge in [-0.1, -0.05) is 17.3 Å². The minimum absolute atomic E-state index is 0.0819. The maximum Gasteiger partial charge on any atom is 0.245 e. The van der Waals surface area contributed by atoms with Gasteiger partial charge in [-0.25, -0.2) is 4.39 Å². The van der Waals surface area contributed by atoms with Gasteiger partial charge < -0.3 is 9.26 Å². The molecule has 0 saturated carbocycles. The number of benzene rings is 1. The summed E-state index contributed by atoms with van der Waals surface area (Å²) in [6, 6.07) is 6.54. The molecule has 0 amide bonds. The number of aromatic nitrogens is 2. The summed E-state index contributed by atoms with van der Waals surface area (Å²) in [6.45, 7) is 5.62. The number of hydrogen-bond donors (Lipinski definition) is 0. The van der Waals surface area contributed by atoms with E-state index < -0.39 is 0 Å². The average Bonchev–Trinajstić information content (AvgIpc) is 2.97. The van der Waals surface area contributed by atoms with E-state index in [4.69, 9.17) is 9.26 Å². The van der Waals surface area contributed by atoms with Crippen LogP contribution in [0.15, 0.2) is 28.8 Å². The fourth-order valence-electron chi connectivity index (χ4n) is 2.69. The molecule has 1 aliphatic heterocycles. The van der Waals surface area contributed by atoms with Gasteiger partial charge in [-0.3, -0.25) is 9.80 Å². The molecule has 2 heterocycles. The van der Waals surface area contributed by atoms with Crippen LogP contribution in [-0.2, 0) is 0 Å². The Bertz CT molecular complexity index is 649. The van der Waals surface area contributed by atoms with Crippen molar-refractivity contribution >= 4 is 0 Å². The zero-order valence-electron chi connectivity index (χ0n) is 13.4. The molecule has 0 N–H and O–H groups in total. The maximum absolute atomic E-state index is 13.5. The number of ether oxygens (including phenoxy) is 1. The van der Waals surface area contributed by atoms with Crippen LogP contribution in [-0.4, -0.2) is 59.8 Å². The fraction of sp³-hybridized carbons (Fsp3) is 0.500. The molecular weight excluding hydrogens is 299 g/mol. The van der Waals surface area contributed by atoms with Gasteiger partial charge in [0.15, 0.2) is 17.4 Å². The van der Waals surface area contributed by atoms with Crippen molar-refractivity contribution in [2.75, 3.05) is 39.8 Å². The van der Waals surface area contributed by atoms with Gasteiger partial charge in [-0.05, 0) is 26.1 Å². The van der Waals surface area contributed by atoms with Crippen molar-refractivity contribution in [3.63, 3.8) is 0 Å². The van der Waals surface area contributed by atoms with Gasteiger partial charge in [0.2, 0.25) is 5.89 Å². The zero-order chi connectivity index (χ0) is 16.2. The third kappa shape index (κ3) is 3.86. The zero-order valence-corrected chi connectivity index (χ0v) is 13.4. The molecule has 1 aromatic heterocycles. The first-order valence-corrected chi connectivity index (χ1v) is 7.73. The lowest BCUT2D eigenvalue weighted by Crippen LogP contribution is -2.47. The summed E-state index contributed by atoms with van der Waals surface area (Å²) >= 11 is 0. The van der Waals surface area contributed by atoms with Gasteiger partial charge in [0.25, 0.3) is 0 Å². The third-order valence-electron chi connectivity index (χ3n) is 4.06. The van der Waals surface area contributed by atoms with Crippen molar-refractivity contribution in [1.82, 2.24) is 19.9 Å². The first-order valence-electron chi connectivity index (χ1n) is 7.73. The summed E-state index contributed by atoms with van der Waals surface area (Å²) in [6.07, 6.45) is 0. The quantitative estimate of drug-likeness (QED) is 0.838. The van der Waals surface area contributed by atoms with E-state index in [1.807, 2.05) is 6.92 Å². The Labute approximate surface area is 134 Å². The number of likely N-dealkylation sites (N-methyl/N-ethyl adjacent to an activating group) is 1. The summed E-state index contributed by atoms with van der Waals surface area (Å²) in [5.74, 6) is 1.26. The summed E-state index contributed by atoms with van der Waals surface area (Å²) in [7, 11) is 2.05. The Morgan fingerprint density at radius 1 is 1.35 bits per heavy atom. The summed E-state index contributed by atoms with van der Waals surface area (Å²) in [4.78, 5) is 8.81. The van der Waals surface area contributed by atoms with Crippen LogP contribution in [0.5, 0.6) is 5.75 Å². The lowest BCUT2D eigenvalue weighted by atomic mass is 10.2. The van der Waals surface area contributed by atoms with Crippen molar-refractivity contribution in [3.8, 4) is 5.75 Å². The number of nitrogens with zero attached hydrogens (tertiary/aromatic N) is 4. The van der Waals surface area contributed by atoms with Crippen LogP contribution in [0.3, 0.4) is 0 Å². The second-order valence-electron chi connectivity index (χ2n) is 5.76. The Morgan fingerprint density at radius 3 is 2.91 bits per heavy atom. The summed E-state index contributed by atoms with van der Waals surface area (Å²) in [5, 5.41) is 3.87. The van der Waals surface area contributed by atoms with Crippen molar-refractivity contribution in [2.24, 2.45) is 0 Å². The second-order valence-corrected chi connectivity index (χ2v) is 5.76. The molecule has 124 valence electrons. The highest BCUT2D eigenvalue weighted by molar-refractivity contribution is 5.23. The predicted octanol–water partition coefficient (Wildman–Crippen LogP) is 1.88. The largest absolute Gasteiger partial charge is 0.489 e. The van der Waals surface area contributed by atoms with Crippen LogP contribution >= 0.6 is 0 Å². The fourth-order valence-corrected chi connectivity index (χ4v) is 2.69. The molecule has 0 aliphatic carbocycles. The molecule has 0 spiro atoms. The Morgan fingerprint density at radius 2 is 2.17 bits per heavy atom. The van der Waals surface area contributed by atoms with E-state index in [0.717, 1.165) is 26.2 Å². The Hall–Kier alpha value is -1.99. The maximum atomic E-state index is 13.5. The molecule has 0 radical (unpaired) electrons. The van der Waals surface area contributed by atoms with Crippen molar-refractivity contribution in [3.05, 3.63) is 41.8 Å². The van der Waals surface area contributed by atoms with Gasteiger partial charge in [0, 0.05) is 26.2 Å². The minimum atomic E-state index is -0.329. The first kappa shape index (κ1) is 15.9. The molecule has 0 unspecified atom stereocenters. The monoisotopic (exact) mass is 320 g/mol. The first-order chi connectivity index (χ1) is 11.1. The van der Waals surface area contributed by atoms with E-state index in [1.165, 1.54) is 6.07 Å². The van der Waals surface area contributed by atoms with Crippen LogP contribution in [0.4, 0.5) is 4.39 Å². The normalized spacial score (nSPS) is 19.9. The summed E-state index contributed by atoms with van der Waals surface area (Å²) in [5.41, 5.74) is 0. The van der Waals surface area contributed by atoms with Crippen LogP contribution in [0.2, 0.25) is 0 Å². The highest BCUT2D eigenvalue weighted by Gasteiger charge is 2.29. The van der Waals surface area contributed by atoms with Gasteiger partial charge in [0.05, 0.1) is 0 Å². The van der Waals surface area contributed by atoms with E-state index >= 15 is 0 Å². The third-order valence-corrected chi connectivity index (χ3v) is 4.06. The molecule has 0 bridgehead atoms. The van der Waals surface area contributed by atoms with Gasteiger partial charge in [-0.15, -0.1) is 0 Å². The van der Waals surface area contributed by atoms with Crippen molar-refractivity contribution in [2.45, 2.75) is 13.0 Å². The molecule has 7 heteroatoms. The molecule has 1 aromatic carbocycles. The molecule has 1 aliphatic rings. The van der Waals surface area contributed by atoms with E-state index in [9.17, 15) is 4.39 Å². The molecule has 23 heavy (non-hydrogen) atoms. The lowest BCUT2D eigenvalue weighted by Gasteiger charge is -2.37. The number of aryl methyl sites for hydroxylation is 1. The Balaban J connectivity index is 1.54. The summed E-state index contributed by atoms with van der Waals surface area (Å²) < 4.78 is 24.4. The van der Waals surface area contributed by atoms with Crippen LogP contribution in [0.25, 0.3) is 0 Å². The predicted molar refractivity (Wildman–Crippen MR) is 82.7 cm³/mol. The van der Waals surface area contributed by atoms with Crippen LogP contribution < -0.4 is 4.74 Å². The second kappa shape index (κ2) is 7.06. The number of rotatable bonds is 5. The van der Waals surface area contributed by atoms with Gasteiger partial charge in [0.1, 0.15) is 12.6 Å². The van der Waals surface area contributed by atoms with Gasteiger partial charge in [-0.2, -0.15) is 4.98 Å². The van der Waals surface area contributed by atoms with Crippen LogP contribution in [0.1, 0.15) is 17.8 Å². The average molecular weight is 320 g/mol. The minimum Gasteiger partial charge on any atom is -0.489 e. The standard InChI is InChI=1S/C16H21FN4O2/c1-12-18-16(23-19-12)14-11-21(8-7-20(14)2)9-10-22-15-6-4-3-5-13(15)17/h3-6,14H,7-11H2,1-2H3/t14-/m0/s1.